The van der Waals surface area contributed by atoms with E-state index in [9.17, 15) is 18.7 Å². The van der Waals surface area contributed by atoms with Crippen molar-refractivity contribution in [2.45, 2.75) is 34.6 Å². The maximum absolute atomic E-state index is 12.5. The molecule has 0 atom stereocenters. The molecule has 2 rings (SSSR count). The van der Waals surface area contributed by atoms with Crippen LogP contribution in [-0.2, 0) is 32.0 Å². The SMILES string of the molecule is CCOC(=O)c1ccc(P(=O)(OCC)OCC)cc1.CCOP(=O)(OCC)c1ccc(C(=O)O)cc1. The van der Waals surface area contributed by atoms with Crippen molar-refractivity contribution >= 4 is 37.7 Å². The number of esters is 1. The highest BCUT2D eigenvalue weighted by Crippen LogP contribution is 2.47. The molecule has 0 unspecified atom stereocenters. The normalized spacial score (nSPS) is 11.4. The zero-order valence-electron chi connectivity index (χ0n) is 21.2. The van der Waals surface area contributed by atoms with Crippen molar-refractivity contribution in [3.63, 3.8) is 0 Å². The monoisotopic (exact) mass is 544 g/mol. The number of aromatic carboxylic acids is 1. The van der Waals surface area contributed by atoms with Crippen LogP contribution in [0.4, 0.5) is 0 Å². The predicted octanol–water partition coefficient (Wildman–Crippen LogP) is 5.03. The highest BCUT2D eigenvalue weighted by atomic mass is 31.2. The Kier molecular flexibility index (Phi) is 13.8. The van der Waals surface area contributed by atoms with Crippen LogP contribution < -0.4 is 10.6 Å². The molecule has 1 N–H and O–H groups in total. The minimum absolute atomic E-state index is 0.133. The number of benzene rings is 2. The number of carboxylic acids is 1. The molecule has 10 nitrogen and oxygen atoms in total. The smallest absolute Gasteiger partial charge is 0.361 e. The molecule has 2 aromatic rings. The third-order valence-electron chi connectivity index (χ3n) is 4.32. The zero-order chi connectivity index (χ0) is 27.2. The number of carbonyl (C=O) groups excluding carboxylic acids is 1. The molecule has 0 heterocycles. The molecule has 0 aromatic heterocycles. The van der Waals surface area contributed by atoms with Gasteiger partial charge in [-0.1, -0.05) is 0 Å². The lowest BCUT2D eigenvalue weighted by atomic mass is 10.2. The van der Waals surface area contributed by atoms with Crippen molar-refractivity contribution < 1.29 is 46.7 Å². The summed E-state index contributed by atoms with van der Waals surface area (Å²) in [6.07, 6.45) is 0. The fraction of sp³-hybridized carbons (Fsp3) is 0.417. The number of carboxylic acid groups (broad SMARTS) is 1. The van der Waals surface area contributed by atoms with Gasteiger partial charge in [-0.05, 0) is 83.1 Å². The average Bonchev–Trinajstić information content (AvgIpc) is 2.85. The Morgan fingerprint density at radius 1 is 0.611 bits per heavy atom. The number of ether oxygens (including phenoxy) is 1. The van der Waals surface area contributed by atoms with Crippen LogP contribution in [0.2, 0.25) is 0 Å². The standard InChI is InChI=1S/C13H19O5P.C11H15O5P/c1-4-16-13(14)11-7-9-12(10-8-11)19(15,17-5-2)18-6-3;1-3-15-17(14,16-4-2)10-7-5-9(6-8-10)11(12)13/h7-10H,4-6H2,1-3H3;5-8H,3-4H2,1-2H3,(H,12,13). The highest BCUT2D eigenvalue weighted by Gasteiger charge is 2.27. The van der Waals surface area contributed by atoms with Gasteiger partial charge in [-0.25, -0.2) is 9.59 Å². The van der Waals surface area contributed by atoms with Crippen molar-refractivity contribution in [1.29, 1.82) is 0 Å². The van der Waals surface area contributed by atoms with Crippen molar-refractivity contribution in [2.75, 3.05) is 33.0 Å². The van der Waals surface area contributed by atoms with Crippen LogP contribution in [0.25, 0.3) is 0 Å². The van der Waals surface area contributed by atoms with Gasteiger partial charge in [-0.2, -0.15) is 0 Å². The number of hydrogen-bond donors (Lipinski definition) is 1. The van der Waals surface area contributed by atoms with Crippen molar-refractivity contribution in [2.24, 2.45) is 0 Å². The van der Waals surface area contributed by atoms with Crippen molar-refractivity contribution in [3.05, 3.63) is 59.7 Å². The van der Waals surface area contributed by atoms with Gasteiger partial charge in [0.15, 0.2) is 0 Å². The Labute approximate surface area is 211 Å². The van der Waals surface area contributed by atoms with Gasteiger partial charge < -0.3 is 27.9 Å². The number of carbonyl (C=O) groups is 2. The summed E-state index contributed by atoms with van der Waals surface area (Å²) < 4.78 is 50.4. The Morgan fingerprint density at radius 3 is 1.22 bits per heavy atom. The average molecular weight is 544 g/mol. The first-order valence-corrected chi connectivity index (χ1v) is 14.6. The molecule has 12 heteroatoms. The molecular formula is C24H34O10P2. The van der Waals surface area contributed by atoms with Crippen LogP contribution in [0.5, 0.6) is 0 Å². The second kappa shape index (κ2) is 15.7. The van der Waals surface area contributed by atoms with E-state index in [0.717, 1.165) is 0 Å². The third-order valence-corrected chi connectivity index (χ3v) is 8.58. The molecule has 0 amide bonds. The molecule has 36 heavy (non-hydrogen) atoms. The van der Waals surface area contributed by atoms with Gasteiger partial charge in [0.05, 0.1) is 54.8 Å². The van der Waals surface area contributed by atoms with E-state index in [2.05, 4.69) is 0 Å². The van der Waals surface area contributed by atoms with E-state index in [-0.39, 0.29) is 32.0 Å². The first-order valence-electron chi connectivity index (χ1n) is 11.5. The predicted molar refractivity (Wildman–Crippen MR) is 137 cm³/mol. The summed E-state index contributed by atoms with van der Waals surface area (Å²) in [4.78, 5) is 22.2. The first kappa shape index (κ1) is 31.7. The van der Waals surface area contributed by atoms with E-state index in [1.54, 1.807) is 58.9 Å². The van der Waals surface area contributed by atoms with Crippen molar-refractivity contribution in [1.82, 2.24) is 0 Å². The van der Waals surface area contributed by atoms with Gasteiger partial charge in [-0.3, -0.25) is 9.13 Å². The molecular weight excluding hydrogens is 510 g/mol. The summed E-state index contributed by atoms with van der Waals surface area (Å²) in [5, 5.41) is 9.56. The molecule has 0 aliphatic heterocycles. The highest BCUT2D eigenvalue weighted by molar-refractivity contribution is 7.62. The van der Waals surface area contributed by atoms with Crippen LogP contribution in [0.15, 0.2) is 48.5 Å². The van der Waals surface area contributed by atoms with Crippen LogP contribution >= 0.6 is 15.2 Å². The Hall–Kier alpha value is -2.32. The lowest BCUT2D eigenvalue weighted by Gasteiger charge is -2.17. The quantitative estimate of drug-likeness (QED) is 0.270. The van der Waals surface area contributed by atoms with E-state index in [0.29, 0.717) is 22.8 Å². The number of rotatable bonds is 13. The Morgan fingerprint density at radius 2 is 0.944 bits per heavy atom. The maximum Gasteiger partial charge on any atom is 0.361 e. The summed E-state index contributed by atoms with van der Waals surface area (Å²) in [6, 6.07) is 11.9. The van der Waals surface area contributed by atoms with E-state index >= 15 is 0 Å². The van der Waals surface area contributed by atoms with Crippen LogP contribution in [-0.4, -0.2) is 50.1 Å². The van der Waals surface area contributed by atoms with Gasteiger partial charge in [-0.15, -0.1) is 0 Å². The summed E-state index contributed by atoms with van der Waals surface area (Å²) in [6.45, 7) is 10.1. The topological polar surface area (TPSA) is 135 Å². The second-order valence-corrected chi connectivity index (χ2v) is 10.8. The molecule has 0 fully saturated rings. The molecule has 0 spiro atoms. The zero-order valence-corrected chi connectivity index (χ0v) is 23.0. The van der Waals surface area contributed by atoms with E-state index in [1.807, 2.05) is 0 Å². The Balaban J connectivity index is 0.000000362. The summed E-state index contributed by atoms with van der Waals surface area (Å²) in [7, 11) is -6.60. The molecule has 2 aromatic carbocycles. The number of hydrogen-bond acceptors (Lipinski definition) is 9. The van der Waals surface area contributed by atoms with Crippen molar-refractivity contribution in [3.8, 4) is 0 Å². The second-order valence-electron chi connectivity index (χ2n) is 6.79. The summed E-state index contributed by atoms with van der Waals surface area (Å²) in [5.41, 5.74) is 0.540. The lowest BCUT2D eigenvalue weighted by Crippen LogP contribution is -2.12. The summed E-state index contributed by atoms with van der Waals surface area (Å²) >= 11 is 0. The molecule has 0 saturated heterocycles. The third kappa shape index (κ3) is 9.28. The fourth-order valence-electron chi connectivity index (χ4n) is 2.83. The van der Waals surface area contributed by atoms with Gasteiger partial charge in [0.1, 0.15) is 0 Å². The Bertz CT molecular complexity index is 1030. The lowest BCUT2D eigenvalue weighted by molar-refractivity contribution is 0.0525. The fourth-order valence-corrected chi connectivity index (χ4v) is 5.97. The van der Waals surface area contributed by atoms with Crippen LogP contribution in [0.1, 0.15) is 55.3 Å². The van der Waals surface area contributed by atoms with Gasteiger partial charge in [0.25, 0.3) is 0 Å². The van der Waals surface area contributed by atoms with Crippen LogP contribution in [0.3, 0.4) is 0 Å². The molecule has 0 saturated carbocycles. The molecule has 200 valence electrons. The van der Waals surface area contributed by atoms with E-state index in [1.165, 1.54) is 24.3 Å². The van der Waals surface area contributed by atoms with E-state index < -0.39 is 27.1 Å². The summed E-state index contributed by atoms with van der Waals surface area (Å²) in [5.74, 6) is -1.43. The van der Waals surface area contributed by atoms with Gasteiger partial charge >= 0.3 is 27.1 Å². The van der Waals surface area contributed by atoms with E-state index in [4.69, 9.17) is 27.9 Å². The largest absolute Gasteiger partial charge is 0.478 e. The maximum atomic E-state index is 12.5. The van der Waals surface area contributed by atoms with Crippen LogP contribution in [0, 0.1) is 0 Å². The first-order chi connectivity index (χ1) is 17.1. The molecule has 0 aliphatic rings. The molecule has 0 bridgehead atoms. The van der Waals surface area contributed by atoms with Gasteiger partial charge in [0, 0.05) is 0 Å². The molecule has 0 aliphatic carbocycles. The van der Waals surface area contributed by atoms with Gasteiger partial charge in [0.2, 0.25) is 0 Å². The minimum Gasteiger partial charge on any atom is -0.478 e. The minimum atomic E-state index is -3.31. The molecule has 0 radical (unpaired) electrons.